The van der Waals surface area contributed by atoms with E-state index in [1.54, 1.807) is 6.92 Å². The fourth-order valence-corrected chi connectivity index (χ4v) is 2.64. The summed E-state index contributed by atoms with van der Waals surface area (Å²) in [6.07, 6.45) is 0. The van der Waals surface area contributed by atoms with Crippen molar-refractivity contribution in [1.29, 1.82) is 5.26 Å². The van der Waals surface area contributed by atoms with Gasteiger partial charge >= 0.3 is 8.05 Å². The lowest BCUT2D eigenvalue weighted by molar-refractivity contribution is 0.405. The SMILES string of the molecule is [B]OC(=C(C#N)c1onc(C)c1C)c1nc(C)sc1C. The monoisotopic (exact) mass is 285 g/mol. The van der Waals surface area contributed by atoms with E-state index in [0.29, 0.717) is 11.5 Å². The first kappa shape index (κ1) is 14.3. The number of hydrogen-bond donors (Lipinski definition) is 0. The van der Waals surface area contributed by atoms with Gasteiger partial charge in [-0.3, -0.25) is 0 Å². The van der Waals surface area contributed by atoms with Crippen molar-refractivity contribution in [1.82, 2.24) is 10.1 Å². The maximum atomic E-state index is 9.42. The fraction of sp³-hybridized carbons (Fsp3) is 0.308. The summed E-state index contributed by atoms with van der Waals surface area (Å²) in [6.45, 7) is 7.40. The first-order chi connectivity index (χ1) is 9.49. The lowest BCUT2D eigenvalue weighted by atomic mass is 10.1. The molecular weight excluding hydrogens is 273 g/mol. The van der Waals surface area contributed by atoms with Crippen molar-refractivity contribution >= 4 is 30.7 Å². The van der Waals surface area contributed by atoms with Crippen LogP contribution in [0.4, 0.5) is 0 Å². The van der Waals surface area contributed by atoms with Crippen molar-refractivity contribution in [2.24, 2.45) is 0 Å². The molecule has 100 valence electrons. The first-order valence-electron chi connectivity index (χ1n) is 5.88. The van der Waals surface area contributed by atoms with E-state index in [1.165, 1.54) is 11.3 Å². The molecule has 2 rings (SSSR count). The predicted molar refractivity (Wildman–Crippen MR) is 76.8 cm³/mol. The van der Waals surface area contributed by atoms with Crippen LogP contribution in [-0.2, 0) is 4.65 Å². The largest absolute Gasteiger partial charge is 0.565 e. The van der Waals surface area contributed by atoms with Gasteiger partial charge in [-0.05, 0) is 27.7 Å². The molecule has 2 heterocycles. The van der Waals surface area contributed by atoms with Gasteiger partial charge in [0, 0.05) is 10.4 Å². The predicted octanol–water partition coefficient (Wildman–Crippen LogP) is 2.86. The molecule has 0 saturated heterocycles. The average molecular weight is 285 g/mol. The van der Waals surface area contributed by atoms with Crippen LogP contribution >= 0.6 is 11.3 Å². The normalized spacial score (nSPS) is 11.9. The number of thiazole rings is 1. The van der Waals surface area contributed by atoms with Crippen LogP contribution in [0.3, 0.4) is 0 Å². The molecule has 0 N–H and O–H groups in total. The highest BCUT2D eigenvalue weighted by Crippen LogP contribution is 2.32. The van der Waals surface area contributed by atoms with Gasteiger partial charge < -0.3 is 9.18 Å². The summed E-state index contributed by atoms with van der Waals surface area (Å²) < 4.78 is 10.1. The Labute approximate surface area is 122 Å². The van der Waals surface area contributed by atoms with Crippen LogP contribution in [0, 0.1) is 39.0 Å². The van der Waals surface area contributed by atoms with Crippen molar-refractivity contribution in [3.8, 4) is 6.07 Å². The van der Waals surface area contributed by atoms with E-state index < -0.39 is 0 Å². The van der Waals surface area contributed by atoms with E-state index in [9.17, 15) is 5.26 Å². The molecule has 5 nitrogen and oxygen atoms in total. The summed E-state index contributed by atoms with van der Waals surface area (Å²) in [5, 5.41) is 14.1. The van der Waals surface area contributed by atoms with E-state index in [4.69, 9.17) is 17.2 Å². The van der Waals surface area contributed by atoms with Gasteiger partial charge in [-0.15, -0.1) is 11.3 Å². The number of nitriles is 1. The van der Waals surface area contributed by atoms with Crippen molar-refractivity contribution < 1.29 is 9.18 Å². The Morgan fingerprint density at radius 2 is 2.05 bits per heavy atom. The minimum atomic E-state index is 0.194. The first-order valence-corrected chi connectivity index (χ1v) is 6.70. The molecule has 20 heavy (non-hydrogen) atoms. The van der Waals surface area contributed by atoms with Crippen LogP contribution in [0.15, 0.2) is 4.52 Å². The lowest BCUT2D eigenvalue weighted by Crippen LogP contribution is -1.97. The second-order valence-electron chi connectivity index (χ2n) is 4.29. The van der Waals surface area contributed by atoms with Gasteiger partial charge in [-0.1, -0.05) is 5.16 Å². The van der Waals surface area contributed by atoms with E-state index >= 15 is 0 Å². The Kier molecular flexibility index (Phi) is 3.95. The Morgan fingerprint density at radius 3 is 2.45 bits per heavy atom. The quantitative estimate of drug-likeness (QED) is 0.492. The number of rotatable bonds is 3. The van der Waals surface area contributed by atoms with Crippen LogP contribution in [0.1, 0.15) is 32.6 Å². The highest BCUT2D eigenvalue weighted by Gasteiger charge is 2.22. The maximum absolute atomic E-state index is 9.42. The fourth-order valence-electron chi connectivity index (χ4n) is 1.83. The van der Waals surface area contributed by atoms with Crippen LogP contribution in [-0.4, -0.2) is 18.2 Å². The third kappa shape index (κ3) is 2.34. The summed E-state index contributed by atoms with van der Waals surface area (Å²) in [7, 11) is 5.35. The van der Waals surface area contributed by atoms with Crippen molar-refractivity contribution in [3.05, 3.63) is 32.6 Å². The molecular formula is C13H12BN3O2S. The minimum Gasteiger partial charge on any atom is -0.565 e. The zero-order chi connectivity index (χ0) is 14.9. The topological polar surface area (TPSA) is 71.9 Å². The second-order valence-corrected chi connectivity index (χ2v) is 5.70. The molecule has 0 aromatic carbocycles. The van der Waals surface area contributed by atoms with Gasteiger partial charge in [-0.2, -0.15) is 5.26 Å². The van der Waals surface area contributed by atoms with Crippen molar-refractivity contribution in [2.75, 3.05) is 0 Å². The Bertz CT molecular complexity index is 725. The van der Waals surface area contributed by atoms with Crippen molar-refractivity contribution in [3.63, 3.8) is 0 Å². The van der Waals surface area contributed by atoms with Crippen LogP contribution < -0.4 is 0 Å². The molecule has 7 heteroatoms. The molecule has 2 radical (unpaired) electrons. The van der Waals surface area contributed by atoms with Gasteiger partial charge in [0.15, 0.2) is 5.76 Å². The molecule has 0 saturated carbocycles. The summed E-state index contributed by atoms with van der Waals surface area (Å²) in [5.74, 6) is 0.559. The zero-order valence-corrected chi connectivity index (χ0v) is 12.5. The molecule has 0 amide bonds. The molecule has 0 aliphatic carbocycles. The molecule has 0 aliphatic heterocycles. The number of hydrogen-bond acceptors (Lipinski definition) is 6. The van der Waals surface area contributed by atoms with Gasteiger partial charge in [0.25, 0.3) is 0 Å². The van der Waals surface area contributed by atoms with E-state index in [0.717, 1.165) is 21.1 Å². The molecule has 0 spiro atoms. The number of allylic oxidation sites excluding steroid dienone is 1. The molecule has 0 atom stereocenters. The third-order valence-corrected chi connectivity index (χ3v) is 3.85. The Hall–Kier alpha value is -2.07. The standard InChI is InChI=1S/C13H12BN3O2S/c1-6-7(2)17-19-12(6)10(5-15)13(18-14)11-8(3)20-9(4)16-11/h1-4H3. The highest BCUT2D eigenvalue weighted by molar-refractivity contribution is 7.11. The number of aryl methyl sites for hydroxylation is 3. The van der Waals surface area contributed by atoms with Gasteiger partial charge in [0.05, 0.1) is 10.7 Å². The van der Waals surface area contributed by atoms with E-state index in [2.05, 4.69) is 16.2 Å². The number of nitrogens with zero attached hydrogens (tertiary/aromatic N) is 3. The molecule has 2 aromatic heterocycles. The highest BCUT2D eigenvalue weighted by atomic mass is 32.1. The summed E-state index contributed by atoms with van der Waals surface area (Å²) in [5.41, 5.74) is 2.25. The summed E-state index contributed by atoms with van der Waals surface area (Å²) in [4.78, 5) is 5.28. The molecule has 0 unspecified atom stereocenters. The number of aromatic nitrogens is 2. The van der Waals surface area contributed by atoms with Crippen LogP contribution in [0.2, 0.25) is 0 Å². The van der Waals surface area contributed by atoms with E-state index in [-0.39, 0.29) is 11.3 Å². The van der Waals surface area contributed by atoms with Crippen LogP contribution in [0.25, 0.3) is 11.3 Å². The molecule has 0 fully saturated rings. The van der Waals surface area contributed by atoms with Gasteiger partial charge in [-0.25, -0.2) is 4.98 Å². The molecule has 2 aromatic rings. The summed E-state index contributed by atoms with van der Waals surface area (Å²) >= 11 is 1.51. The molecule has 0 aliphatic rings. The Morgan fingerprint density at radius 1 is 1.35 bits per heavy atom. The van der Waals surface area contributed by atoms with Crippen LogP contribution in [0.5, 0.6) is 0 Å². The summed E-state index contributed by atoms with van der Waals surface area (Å²) in [6, 6.07) is 2.06. The average Bonchev–Trinajstić information content (AvgIpc) is 2.91. The second kappa shape index (κ2) is 5.51. The third-order valence-electron chi connectivity index (χ3n) is 2.96. The lowest BCUT2D eigenvalue weighted by Gasteiger charge is -2.07. The maximum Gasteiger partial charge on any atom is 0.374 e. The smallest absolute Gasteiger partial charge is 0.374 e. The van der Waals surface area contributed by atoms with Gasteiger partial charge in [0.2, 0.25) is 0 Å². The van der Waals surface area contributed by atoms with Crippen molar-refractivity contribution in [2.45, 2.75) is 27.7 Å². The minimum absolute atomic E-state index is 0.194. The Balaban J connectivity index is 2.69. The van der Waals surface area contributed by atoms with E-state index in [1.807, 2.05) is 20.8 Å². The zero-order valence-electron chi connectivity index (χ0n) is 11.6. The molecule has 0 bridgehead atoms. The van der Waals surface area contributed by atoms with Gasteiger partial charge in [0.1, 0.15) is 23.1 Å².